The zero-order valence-electron chi connectivity index (χ0n) is 31.5. The van der Waals surface area contributed by atoms with Crippen LogP contribution in [0.1, 0.15) is 39.8 Å². The van der Waals surface area contributed by atoms with Crippen molar-refractivity contribution in [3.05, 3.63) is 245 Å². The van der Waals surface area contributed by atoms with Crippen molar-refractivity contribution < 1.29 is 0 Å². The largest absolute Gasteiger partial charge is 0.248 e. The molecule has 3 atom stereocenters. The molecular weight excluding hydrogens is 687 g/mol. The second-order valence-corrected chi connectivity index (χ2v) is 16.1. The lowest BCUT2D eigenvalue weighted by Gasteiger charge is -2.35. The minimum atomic E-state index is -0.471. The van der Waals surface area contributed by atoms with E-state index in [1.54, 1.807) is 0 Å². The maximum absolute atomic E-state index is 5.50. The van der Waals surface area contributed by atoms with Gasteiger partial charge in [0, 0.05) is 11.5 Å². The maximum atomic E-state index is 5.50. The van der Waals surface area contributed by atoms with Gasteiger partial charge in [-0.3, -0.25) is 0 Å². The molecule has 0 aromatic heterocycles. The summed E-state index contributed by atoms with van der Waals surface area (Å²) in [6.45, 7) is 0. The monoisotopic (exact) mass is 725 g/mol. The van der Waals surface area contributed by atoms with E-state index in [1.807, 2.05) is 0 Å². The molecule has 0 saturated carbocycles. The van der Waals surface area contributed by atoms with Crippen LogP contribution >= 0.6 is 0 Å². The molecule has 1 nitrogen and oxygen atoms in total. The second kappa shape index (κ2) is 12.6. The van der Waals surface area contributed by atoms with Crippen molar-refractivity contribution in [3.63, 3.8) is 0 Å². The first-order valence-corrected chi connectivity index (χ1v) is 20.3. The molecule has 2 unspecified atom stereocenters. The Morgan fingerprint density at radius 3 is 1.67 bits per heavy atom. The summed E-state index contributed by atoms with van der Waals surface area (Å²) in [6, 6.07) is 63.3. The average Bonchev–Trinajstić information content (AvgIpc) is 4.06. The Bertz CT molecular complexity index is 2880. The van der Waals surface area contributed by atoms with Crippen molar-refractivity contribution in [2.45, 2.75) is 11.8 Å². The van der Waals surface area contributed by atoms with Gasteiger partial charge in [-0.2, -0.15) is 0 Å². The summed E-state index contributed by atoms with van der Waals surface area (Å²) < 4.78 is 0. The van der Waals surface area contributed by atoms with E-state index < -0.39 is 5.41 Å². The van der Waals surface area contributed by atoms with E-state index in [2.05, 4.69) is 206 Å². The minimum absolute atomic E-state index is 0.386. The van der Waals surface area contributed by atoms with Gasteiger partial charge in [0.25, 0.3) is 0 Å². The van der Waals surface area contributed by atoms with Gasteiger partial charge >= 0.3 is 0 Å². The number of aliphatic imine (C=N–C) groups is 1. The van der Waals surface area contributed by atoms with Gasteiger partial charge in [-0.15, -0.1) is 0 Å². The van der Waals surface area contributed by atoms with Gasteiger partial charge in [0.15, 0.2) is 0 Å². The van der Waals surface area contributed by atoms with Crippen LogP contribution in [0.15, 0.2) is 217 Å². The maximum Gasteiger partial charge on any atom is 0.0744 e. The number of allylic oxidation sites excluding steroid dienone is 7. The van der Waals surface area contributed by atoms with E-state index in [0.717, 1.165) is 17.8 Å². The Balaban J connectivity index is 1.01. The number of hydrogen-bond donors (Lipinski definition) is 0. The van der Waals surface area contributed by atoms with Crippen molar-refractivity contribution >= 4 is 11.4 Å². The van der Waals surface area contributed by atoms with Crippen molar-refractivity contribution in [2.75, 3.05) is 0 Å². The molecule has 1 spiro atoms. The molecule has 268 valence electrons. The molecule has 57 heavy (non-hydrogen) atoms. The first-order valence-electron chi connectivity index (χ1n) is 20.3. The van der Waals surface area contributed by atoms with Gasteiger partial charge in [-0.05, 0) is 108 Å². The van der Waals surface area contributed by atoms with E-state index in [4.69, 9.17) is 4.99 Å². The molecule has 0 saturated heterocycles. The smallest absolute Gasteiger partial charge is 0.0744 e. The molecule has 1 heterocycles. The van der Waals surface area contributed by atoms with E-state index in [0.29, 0.717) is 17.8 Å². The minimum Gasteiger partial charge on any atom is -0.248 e. The summed E-state index contributed by atoms with van der Waals surface area (Å²) in [5.74, 6) is 1.25. The normalized spacial score (nSPS) is 20.0. The molecular formula is C56H39N. The molecule has 0 fully saturated rings. The van der Waals surface area contributed by atoms with Crippen molar-refractivity contribution in [1.29, 1.82) is 0 Å². The van der Waals surface area contributed by atoms with E-state index in [1.165, 1.54) is 83.5 Å². The van der Waals surface area contributed by atoms with E-state index in [9.17, 15) is 0 Å². The number of fused-ring (bicyclic) bond motifs is 13. The SMILES string of the molecule is C1=CCC(C2C=C(c3ccccc3)N=C(c3cccc(-c4ccc5c(c4)-c4ccccc4C54c5ccccc5-c5ccccc5-c5ccccc54)c3)C3=C[C@@H]32)C=C1. The van der Waals surface area contributed by atoms with Crippen LogP contribution in [0, 0.1) is 17.8 Å². The third kappa shape index (κ3) is 4.85. The molecule has 5 aliphatic rings. The van der Waals surface area contributed by atoms with Crippen LogP contribution in [0.3, 0.4) is 0 Å². The number of benzene rings is 7. The fraction of sp³-hybridized carbons (Fsp3) is 0.0893. The molecule has 7 aromatic carbocycles. The highest BCUT2D eigenvalue weighted by Gasteiger charge is 2.49. The number of nitrogens with zero attached hydrogens (tertiary/aromatic N) is 1. The van der Waals surface area contributed by atoms with Gasteiger partial charge < -0.3 is 0 Å². The lowest BCUT2D eigenvalue weighted by Crippen LogP contribution is -2.29. The Hall–Kier alpha value is -6.83. The fourth-order valence-corrected chi connectivity index (χ4v) is 10.6. The van der Waals surface area contributed by atoms with Crippen LogP contribution in [0.25, 0.3) is 50.2 Å². The van der Waals surface area contributed by atoms with Gasteiger partial charge in [0.2, 0.25) is 0 Å². The second-order valence-electron chi connectivity index (χ2n) is 16.1. The first-order chi connectivity index (χ1) is 28.3. The number of rotatable bonds is 4. The summed E-state index contributed by atoms with van der Waals surface area (Å²) in [7, 11) is 0. The van der Waals surface area contributed by atoms with Crippen LogP contribution in [-0.4, -0.2) is 5.71 Å². The fourth-order valence-electron chi connectivity index (χ4n) is 10.6. The standard InChI is InChI=1S/C56H39N/c1-3-16-36(17-4-1)46-35-54(37-18-5-2-6-19-37)57-55(49-34-47(46)49)40-21-15-20-38(32-40)39-30-31-53-48(33-39)45-26-11-14-29-52(45)56(53)50-27-12-9-24-43(50)41-22-7-8-23-42(41)44-25-10-13-28-51(44)56/h1-16,18-36,46-47H,17H2/t36?,46?,47-/m1/s1. The quantitative estimate of drug-likeness (QED) is 0.171. The topological polar surface area (TPSA) is 12.4 Å². The average molecular weight is 726 g/mol. The molecule has 12 rings (SSSR count). The molecule has 0 bridgehead atoms. The zero-order valence-corrected chi connectivity index (χ0v) is 31.5. The lowest BCUT2D eigenvalue weighted by molar-refractivity contribution is 0.445. The van der Waals surface area contributed by atoms with Gasteiger partial charge in [-0.25, -0.2) is 4.99 Å². The number of hydrogen-bond acceptors (Lipinski definition) is 1. The van der Waals surface area contributed by atoms with Crippen molar-refractivity contribution in [3.8, 4) is 44.5 Å². The summed E-state index contributed by atoms with van der Waals surface area (Å²) in [4.78, 5) is 5.50. The predicted octanol–water partition coefficient (Wildman–Crippen LogP) is 13.5. The lowest BCUT2D eigenvalue weighted by atomic mass is 9.66. The molecule has 0 N–H and O–H groups in total. The highest BCUT2D eigenvalue weighted by molar-refractivity contribution is 6.18. The van der Waals surface area contributed by atoms with Crippen LogP contribution in [-0.2, 0) is 5.41 Å². The van der Waals surface area contributed by atoms with Crippen LogP contribution in [0.5, 0.6) is 0 Å². The molecule has 1 heteroatoms. The zero-order chi connectivity index (χ0) is 37.5. The van der Waals surface area contributed by atoms with E-state index >= 15 is 0 Å². The van der Waals surface area contributed by atoms with Crippen molar-refractivity contribution in [1.82, 2.24) is 0 Å². The third-order valence-corrected chi connectivity index (χ3v) is 13.1. The summed E-state index contributed by atoms with van der Waals surface area (Å²) in [5, 5.41) is 0. The first kappa shape index (κ1) is 32.4. The van der Waals surface area contributed by atoms with Crippen molar-refractivity contribution in [2.24, 2.45) is 22.7 Å². The Morgan fingerprint density at radius 2 is 1.00 bits per heavy atom. The third-order valence-electron chi connectivity index (χ3n) is 13.1. The molecule has 1 aliphatic heterocycles. The van der Waals surface area contributed by atoms with Crippen LogP contribution < -0.4 is 0 Å². The van der Waals surface area contributed by atoms with E-state index in [-0.39, 0.29) is 0 Å². The molecule has 0 radical (unpaired) electrons. The van der Waals surface area contributed by atoms with Crippen LogP contribution in [0.2, 0.25) is 0 Å². The Morgan fingerprint density at radius 1 is 0.439 bits per heavy atom. The van der Waals surface area contributed by atoms with Gasteiger partial charge in [-0.1, -0.05) is 194 Å². The summed E-state index contributed by atoms with van der Waals surface area (Å²) in [5.41, 5.74) is 21.0. The Labute approximate surface area is 334 Å². The molecule has 7 aromatic rings. The van der Waals surface area contributed by atoms with Gasteiger partial charge in [0.1, 0.15) is 0 Å². The summed E-state index contributed by atoms with van der Waals surface area (Å²) >= 11 is 0. The predicted molar refractivity (Wildman–Crippen MR) is 236 cm³/mol. The summed E-state index contributed by atoms with van der Waals surface area (Å²) in [6.07, 6.45) is 15.1. The van der Waals surface area contributed by atoms with Gasteiger partial charge in [0.05, 0.1) is 16.8 Å². The highest BCUT2D eigenvalue weighted by Crippen LogP contribution is 2.61. The highest BCUT2D eigenvalue weighted by atomic mass is 14.8. The van der Waals surface area contributed by atoms with Crippen LogP contribution in [0.4, 0.5) is 0 Å². The Kier molecular flexibility index (Phi) is 7.16. The molecule has 4 aliphatic carbocycles. The molecule has 0 amide bonds.